The summed E-state index contributed by atoms with van der Waals surface area (Å²) in [6.45, 7) is 2.61. The monoisotopic (exact) mass is 300 g/mol. The van der Waals surface area contributed by atoms with Crippen LogP contribution in [0.25, 0.3) is 11.0 Å². The molecule has 4 N–H and O–H groups in total. The summed E-state index contributed by atoms with van der Waals surface area (Å²) in [4.78, 5) is 15.7. The highest BCUT2D eigenvalue weighted by atomic mass is 19.1. The van der Waals surface area contributed by atoms with Crippen molar-refractivity contribution >= 4 is 22.8 Å². The van der Waals surface area contributed by atoms with Gasteiger partial charge < -0.3 is 16.0 Å². The first-order valence-electron chi connectivity index (χ1n) is 7.09. The molecule has 3 rings (SSSR count). The topological polar surface area (TPSA) is 92.5 Å². The van der Waals surface area contributed by atoms with Crippen molar-refractivity contribution < 1.29 is 4.39 Å². The molecule has 6 nitrogen and oxygen atoms in total. The summed E-state index contributed by atoms with van der Waals surface area (Å²) in [7, 11) is 0. The van der Waals surface area contributed by atoms with Gasteiger partial charge in [0.1, 0.15) is 17.5 Å². The van der Waals surface area contributed by atoms with Crippen LogP contribution in [0.4, 0.5) is 16.2 Å². The van der Waals surface area contributed by atoms with Crippen LogP contribution >= 0.6 is 0 Å². The number of nitrogens with two attached hydrogens (primary N) is 1. The van der Waals surface area contributed by atoms with Gasteiger partial charge in [0.05, 0.1) is 11.0 Å². The Bertz CT molecular complexity index is 778. The number of nitrogens with zero attached hydrogens (tertiary/aromatic N) is 3. The number of hydrogen-bond acceptors (Lipinski definition) is 5. The Morgan fingerprint density at radius 3 is 2.91 bits per heavy atom. The Morgan fingerprint density at radius 1 is 1.23 bits per heavy atom. The molecule has 0 aliphatic carbocycles. The lowest BCUT2D eigenvalue weighted by Gasteiger charge is -2.06. The zero-order chi connectivity index (χ0) is 15.5. The minimum absolute atomic E-state index is 0.263. The van der Waals surface area contributed by atoms with Crippen molar-refractivity contribution in [2.45, 2.75) is 19.8 Å². The molecule has 0 spiro atoms. The Kier molecular flexibility index (Phi) is 3.86. The summed E-state index contributed by atoms with van der Waals surface area (Å²) < 4.78 is 13.1. The fourth-order valence-electron chi connectivity index (χ4n) is 2.31. The SMILES string of the molecule is Cc1cc(NCCCc2nc3ccc(F)cc3[nH]2)nc(N)n1. The summed E-state index contributed by atoms with van der Waals surface area (Å²) in [5, 5.41) is 3.21. The van der Waals surface area contributed by atoms with Crippen molar-refractivity contribution in [3.63, 3.8) is 0 Å². The molecule has 22 heavy (non-hydrogen) atoms. The quantitative estimate of drug-likeness (QED) is 0.629. The number of rotatable bonds is 5. The zero-order valence-corrected chi connectivity index (χ0v) is 12.2. The molecule has 2 aromatic heterocycles. The highest BCUT2D eigenvalue weighted by Crippen LogP contribution is 2.14. The van der Waals surface area contributed by atoms with Crippen molar-refractivity contribution in [3.8, 4) is 0 Å². The molecule has 7 heteroatoms. The molecule has 0 unspecified atom stereocenters. The number of fused-ring (bicyclic) bond motifs is 1. The summed E-state index contributed by atoms with van der Waals surface area (Å²) >= 11 is 0. The Morgan fingerprint density at radius 2 is 2.09 bits per heavy atom. The van der Waals surface area contributed by atoms with Gasteiger partial charge in [-0.05, 0) is 31.5 Å². The minimum atomic E-state index is -0.263. The van der Waals surface area contributed by atoms with E-state index in [4.69, 9.17) is 5.73 Å². The molecule has 0 fully saturated rings. The predicted octanol–water partition coefficient (Wildman–Crippen LogP) is 2.43. The van der Waals surface area contributed by atoms with Crippen LogP contribution in [0.2, 0.25) is 0 Å². The number of hydrogen-bond donors (Lipinski definition) is 3. The van der Waals surface area contributed by atoms with E-state index in [1.807, 2.05) is 13.0 Å². The van der Waals surface area contributed by atoms with E-state index < -0.39 is 0 Å². The van der Waals surface area contributed by atoms with Crippen molar-refractivity contribution in [1.82, 2.24) is 19.9 Å². The van der Waals surface area contributed by atoms with Crippen molar-refractivity contribution in [3.05, 3.63) is 41.6 Å². The molecular formula is C15H17FN6. The summed E-state index contributed by atoms with van der Waals surface area (Å²) in [6.07, 6.45) is 1.63. The summed E-state index contributed by atoms with van der Waals surface area (Å²) in [6, 6.07) is 6.39. The van der Waals surface area contributed by atoms with E-state index in [2.05, 4.69) is 25.3 Å². The highest BCUT2D eigenvalue weighted by Gasteiger charge is 2.04. The number of aromatic amines is 1. The Hall–Kier alpha value is -2.70. The third-order valence-electron chi connectivity index (χ3n) is 3.26. The van der Waals surface area contributed by atoms with Gasteiger partial charge in [0.25, 0.3) is 0 Å². The molecule has 2 heterocycles. The second-order valence-electron chi connectivity index (χ2n) is 5.13. The van der Waals surface area contributed by atoms with Crippen LogP contribution in [-0.4, -0.2) is 26.5 Å². The predicted molar refractivity (Wildman–Crippen MR) is 84.0 cm³/mol. The van der Waals surface area contributed by atoms with Gasteiger partial charge in [0, 0.05) is 24.7 Å². The standard InChI is InChI=1S/C15H17FN6/c1-9-7-14(22-15(17)19-9)18-6-2-3-13-20-11-5-4-10(16)8-12(11)21-13/h4-5,7-8H,2-3,6H2,1H3,(H,20,21)(H3,17,18,19,22). The molecule has 0 saturated carbocycles. The second-order valence-corrected chi connectivity index (χ2v) is 5.13. The van der Waals surface area contributed by atoms with E-state index in [1.54, 1.807) is 6.07 Å². The van der Waals surface area contributed by atoms with E-state index in [-0.39, 0.29) is 11.8 Å². The first-order valence-corrected chi connectivity index (χ1v) is 7.09. The number of anilines is 2. The number of aryl methyl sites for hydroxylation is 2. The van der Waals surface area contributed by atoms with Gasteiger partial charge in [0.15, 0.2) is 0 Å². The minimum Gasteiger partial charge on any atom is -0.370 e. The fourth-order valence-corrected chi connectivity index (χ4v) is 2.31. The summed E-state index contributed by atoms with van der Waals surface area (Å²) in [5.41, 5.74) is 7.94. The van der Waals surface area contributed by atoms with Crippen LogP contribution in [0.15, 0.2) is 24.3 Å². The van der Waals surface area contributed by atoms with Gasteiger partial charge in [-0.15, -0.1) is 0 Å². The first-order chi connectivity index (χ1) is 10.6. The van der Waals surface area contributed by atoms with Crippen LogP contribution in [0.1, 0.15) is 17.9 Å². The Balaban J connectivity index is 1.55. The average molecular weight is 300 g/mol. The third-order valence-corrected chi connectivity index (χ3v) is 3.26. The normalized spacial score (nSPS) is 11.0. The van der Waals surface area contributed by atoms with Crippen LogP contribution in [-0.2, 0) is 6.42 Å². The number of imidazole rings is 1. The van der Waals surface area contributed by atoms with E-state index in [9.17, 15) is 4.39 Å². The lowest BCUT2D eigenvalue weighted by atomic mass is 10.3. The third kappa shape index (κ3) is 3.30. The van der Waals surface area contributed by atoms with Gasteiger partial charge >= 0.3 is 0 Å². The fraction of sp³-hybridized carbons (Fsp3) is 0.267. The van der Waals surface area contributed by atoms with E-state index in [1.165, 1.54) is 12.1 Å². The number of nitrogen functional groups attached to an aromatic ring is 1. The largest absolute Gasteiger partial charge is 0.370 e. The first kappa shape index (κ1) is 14.2. The molecule has 0 amide bonds. The van der Waals surface area contributed by atoms with Crippen LogP contribution < -0.4 is 11.1 Å². The number of H-pyrrole nitrogens is 1. The maximum absolute atomic E-state index is 13.1. The van der Waals surface area contributed by atoms with Gasteiger partial charge in [-0.1, -0.05) is 0 Å². The highest BCUT2D eigenvalue weighted by molar-refractivity contribution is 5.74. The maximum Gasteiger partial charge on any atom is 0.222 e. The number of halogens is 1. The molecule has 1 aromatic carbocycles. The van der Waals surface area contributed by atoms with Gasteiger partial charge in [-0.2, -0.15) is 4.98 Å². The van der Waals surface area contributed by atoms with Crippen LogP contribution in [0.5, 0.6) is 0 Å². The molecule has 0 aliphatic rings. The van der Waals surface area contributed by atoms with Crippen LogP contribution in [0, 0.1) is 12.7 Å². The molecular weight excluding hydrogens is 283 g/mol. The number of benzene rings is 1. The molecule has 0 radical (unpaired) electrons. The maximum atomic E-state index is 13.1. The number of nitrogens with one attached hydrogen (secondary N) is 2. The number of aromatic nitrogens is 4. The average Bonchev–Trinajstić information content (AvgIpc) is 2.84. The van der Waals surface area contributed by atoms with Gasteiger partial charge in [-0.25, -0.2) is 14.4 Å². The smallest absolute Gasteiger partial charge is 0.222 e. The lowest BCUT2D eigenvalue weighted by molar-refractivity contribution is 0.629. The van der Waals surface area contributed by atoms with Crippen molar-refractivity contribution in [1.29, 1.82) is 0 Å². The molecule has 0 atom stereocenters. The zero-order valence-electron chi connectivity index (χ0n) is 12.2. The Labute approximate surface area is 127 Å². The van der Waals surface area contributed by atoms with E-state index >= 15 is 0 Å². The second kappa shape index (κ2) is 5.97. The van der Waals surface area contributed by atoms with Gasteiger partial charge in [0.2, 0.25) is 5.95 Å². The molecule has 3 aromatic rings. The molecule has 0 saturated heterocycles. The molecule has 0 aliphatic heterocycles. The van der Waals surface area contributed by atoms with Gasteiger partial charge in [-0.3, -0.25) is 0 Å². The van der Waals surface area contributed by atoms with E-state index in [0.29, 0.717) is 0 Å². The molecule has 0 bridgehead atoms. The van der Waals surface area contributed by atoms with Crippen molar-refractivity contribution in [2.24, 2.45) is 0 Å². The summed E-state index contributed by atoms with van der Waals surface area (Å²) in [5.74, 6) is 1.57. The van der Waals surface area contributed by atoms with Crippen LogP contribution in [0.3, 0.4) is 0 Å². The lowest BCUT2D eigenvalue weighted by Crippen LogP contribution is -2.07. The molecule has 114 valence electrons. The van der Waals surface area contributed by atoms with E-state index in [0.717, 1.165) is 47.8 Å². The van der Waals surface area contributed by atoms with Crippen molar-refractivity contribution in [2.75, 3.05) is 17.6 Å².